The van der Waals surface area contributed by atoms with Crippen molar-refractivity contribution in [1.29, 1.82) is 0 Å². The van der Waals surface area contributed by atoms with E-state index in [0.717, 1.165) is 11.3 Å². The van der Waals surface area contributed by atoms with Crippen molar-refractivity contribution < 1.29 is 14.6 Å². The van der Waals surface area contributed by atoms with E-state index in [2.05, 4.69) is 4.99 Å². The molecule has 4 nitrogen and oxygen atoms in total. The number of carboxylic acid groups (broad SMARTS) is 1. The van der Waals surface area contributed by atoms with E-state index < -0.39 is 12.1 Å². The fourth-order valence-corrected chi connectivity index (χ4v) is 1.69. The fraction of sp³-hybridized carbons (Fsp3) is 0.125. The van der Waals surface area contributed by atoms with Gasteiger partial charge in [-0.3, -0.25) is 4.99 Å². The van der Waals surface area contributed by atoms with Gasteiger partial charge in [-0.1, -0.05) is 11.6 Å². The van der Waals surface area contributed by atoms with E-state index in [1.54, 1.807) is 30.5 Å². The lowest BCUT2D eigenvalue weighted by Crippen LogP contribution is -2.22. The highest BCUT2D eigenvalue weighted by molar-refractivity contribution is 6.30. The zero-order chi connectivity index (χ0) is 15.2. The number of nitrogens with zero attached hydrogens (tertiary/aromatic N) is 1. The second kappa shape index (κ2) is 6.90. The zero-order valence-electron chi connectivity index (χ0n) is 11.4. The van der Waals surface area contributed by atoms with Crippen LogP contribution in [0.25, 0.3) is 0 Å². The molecule has 0 aliphatic carbocycles. The van der Waals surface area contributed by atoms with E-state index in [1.807, 2.05) is 24.3 Å². The van der Waals surface area contributed by atoms with E-state index in [1.165, 1.54) is 6.92 Å². The van der Waals surface area contributed by atoms with Crippen molar-refractivity contribution in [1.82, 2.24) is 0 Å². The Labute approximate surface area is 127 Å². The number of halogens is 1. The summed E-state index contributed by atoms with van der Waals surface area (Å²) in [6.07, 6.45) is 0.840. The maximum Gasteiger partial charge on any atom is 0.344 e. The molecule has 0 aliphatic heterocycles. The number of aliphatic imine (C=N–C) groups is 1. The lowest BCUT2D eigenvalue weighted by atomic mass is 10.2. The Morgan fingerprint density at radius 2 is 1.81 bits per heavy atom. The Bertz CT molecular complexity index is 636. The van der Waals surface area contributed by atoms with Gasteiger partial charge in [-0.2, -0.15) is 0 Å². The van der Waals surface area contributed by atoms with Crippen LogP contribution in [-0.4, -0.2) is 23.4 Å². The number of hydrogen-bond acceptors (Lipinski definition) is 3. The topological polar surface area (TPSA) is 58.9 Å². The van der Waals surface area contributed by atoms with Gasteiger partial charge >= 0.3 is 5.97 Å². The summed E-state index contributed by atoms with van der Waals surface area (Å²) in [5.41, 5.74) is 1.69. The van der Waals surface area contributed by atoms with E-state index in [4.69, 9.17) is 21.4 Å². The van der Waals surface area contributed by atoms with Crippen LogP contribution in [0.15, 0.2) is 53.5 Å². The molecule has 1 atom stereocenters. The molecule has 0 amide bonds. The van der Waals surface area contributed by atoms with Crippen molar-refractivity contribution in [2.45, 2.75) is 13.0 Å². The first-order valence-electron chi connectivity index (χ1n) is 6.34. The number of aliphatic carboxylic acids is 1. The minimum Gasteiger partial charge on any atom is -0.479 e. The Morgan fingerprint density at radius 3 is 2.38 bits per heavy atom. The molecular formula is C16H14ClNO3. The second-order valence-corrected chi connectivity index (χ2v) is 4.84. The van der Waals surface area contributed by atoms with Gasteiger partial charge in [0.1, 0.15) is 5.75 Å². The molecular weight excluding hydrogens is 290 g/mol. The first kappa shape index (κ1) is 15.1. The lowest BCUT2D eigenvalue weighted by molar-refractivity contribution is -0.144. The highest BCUT2D eigenvalue weighted by atomic mass is 35.5. The Morgan fingerprint density at radius 1 is 1.19 bits per heavy atom. The van der Waals surface area contributed by atoms with Gasteiger partial charge in [-0.25, -0.2) is 4.79 Å². The molecule has 0 aromatic heterocycles. The highest BCUT2D eigenvalue weighted by Crippen LogP contribution is 2.17. The van der Waals surface area contributed by atoms with Crippen LogP contribution < -0.4 is 4.74 Å². The standard InChI is InChI=1S/C16H14ClNO3/c1-11(16(19)20)21-15-8-2-12(3-9-15)10-18-14-6-4-13(17)5-7-14/h2-11H,1H3,(H,19,20)/t11-/m1/s1. The van der Waals surface area contributed by atoms with Gasteiger partial charge in [0.15, 0.2) is 6.10 Å². The number of carboxylic acids is 1. The molecule has 0 saturated heterocycles. The zero-order valence-corrected chi connectivity index (χ0v) is 12.1. The van der Waals surface area contributed by atoms with Gasteiger partial charge in [0.25, 0.3) is 0 Å². The van der Waals surface area contributed by atoms with Crippen LogP contribution in [0.1, 0.15) is 12.5 Å². The average molecular weight is 304 g/mol. The van der Waals surface area contributed by atoms with Crippen LogP contribution in [0.4, 0.5) is 5.69 Å². The third kappa shape index (κ3) is 4.61. The van der Waals surface area contributed by atoms with Crippen LogP contribution >= 0.6 is 11.6 Å². The first-order chi connectivity index (χ1) is 10.0. The molecule has 1 N–H and O–H groups in total. The smallest absolute Gasteiger partial charge is 0.344 e. The summed E-state index contributed by atoms with van der Waals surface area (Å²) in [5, 5.41) is 9.44. The molecule has 2 rings (SSSR count). The molecule has 2 aromatic carbocycles. The van der Waals surface area contributed by atoms with Crippen molar-refractivity contribution in [3.8, 4) is 5.75 Å². The Kier molecular flexibility index (Phi) is 4.95. The van der Waals surface area contributed by atoms with Crippen molar-refractivity contribution >= 4 is 29.5 Å². The summed E-state index contributed by atoms with van der Waals surface area (Å²) < 4.78 is 5.25. The molecule has 5 heteroatoms. The van der Waals surface area contributed by atoms with Gasteiger partial charge in [-0.05, 0) is 61.0 Å². The molecule has 0 heterocycles. The summed E-state index contributed by atoms with van der Waals surface area (Å²) >= 11 is 5.80. The van der Waals surface area contributed by atoms with Crippen LogP contribution in [0, 0.1) is 0 Å². The maximum atomic E-state index is 10.7. The van der Waals surface area contributed by atoms with E-state index in [-0.39, 0.29) is 0 Å². The third-order valence-electron chi connectivity index (χ3n) is 2.73. The summed E-state index contributed by atoms with van der Waals surface area (Å²) in [4.78, 5) is 15.0. The van der Waals surface area contributed by atoms with Crippen LogP contribution in [0.5, 0.6) is 5.75 Å². The van der Waals surface area contributed by atoms with Gasteiger partial charge in [0, 0.05) is 11.2 Å². The van der Waals surface area contributed by atoms with Crippen molar-refractivity contribution in [3.63, 3.8) is 0 Å². The molecule has 0 saturated carbocycles. The molecule has 0 unspecified atom stereocenters. The predicted molar refractivity (Wildman–Crippen MR) is 82.9 cm³/mol. The SMILES string of the molecule is C[C@@H](Oc1ccc(C=Nc2ccc(Cl)cc2)cc1)C(=O)O. The summed E-state index contributed by atoms with van der Waals surface area (Å²) in [6.45, 7) is 1.48. The summed E-state index contributed by atoms with van der Waals surface area (Å²) in [5.74, 6) is -0.489. The van der Waals surface area contributed by atoms with Gasteiger partial charge in [0.2, 0.25) is 0 Å². The van der Waals surface area contributed by atoms with Gasteiger partial charge < -0.3 is 9.84 Å². The van der Waals surface area contributed by atoms with Crippen molar-refractivity contribution in [2.75, 3.05) is 0 Å². The molecule has 0 fully saturated rings. The fourth-order valence-electron chi connectivity index (χ4n) is 1.56. The predicted octanol–water partition coefficient (Wildman–Crippen LogP) is 3.94. The van der Waals surface area contributed by atoms with Gasteiger partial charge in [0.05, 0.1) is 5.69 Å². The molecule has 108 valence electrons. The third-order valence-corrected chi connectivity index (χ3v) is 2.98. The average Bonchev–Trinajstić information content (AvgIpc) is 2.48. The van der Waals surface area contributed by atoms with Crippen molar-refractivity contribution in [3.05, 3.63) is 59.1 Å². The van der Waals surface area contributed by atoms with Crippen LogP contribution in [0.3, 0.4) is 0 Å². The minimum absolute atomic E-state index is 0.508. The maximum absolute atomic E-state index is 10.7. The summed E-state index contributed by atoms with van der Waals surface area (Å²) in [7, 11) is 0. The van der Waals surface area contributed by atoms with E-state index in [9.17, 15) is 4.79 Å². The normalized spacial score (nSPS) is 12.3. The Balaban J connectivity index is 2.02. The number of rotatable bonds is 5. The minimum atomic E-state index is -0.997. The molecule has 0 radical (unpaired) electrons. The van der Waals surface area contributed by atoms with E-state index >= 15 is 0 Å². The van der Waals surface area contributed by atoms with Crippen molar-refractivity contribution in [2.24, 2.45) is 4.99 Å². The Hall–Kier alpha value is -2.33. The monoisotopic (exact) mass is 303 g/mol. The van der Waals surface area contributed by atoms with E-state index in [0.29, 0.717) is 10.8 Å². The molecule has 0 bridgehead atoms. The van der Waals surface area contributed by atoms with Crippen LogP contribution in [-0.2, 0) is 4.79 Å². The number of carbonyl (C=O) groups is 1. The number of ether oxygens (including phenoxy) is 1. The van der Waals surface area contributed by atoms with Crippen LogP contribution in [0.2, 0.25) is 5.02 Å². The quantitative estimate of drug-likeness (QED) is 0.851. The summed E-state index contributed by atoms with van der Waals surface area (Å²) in [6, 6.07) is 14.2. The molecule has 2 aromatic rings. The first-order valence-corrected chi connectivity index (χ1v) is 6.71. The van der Waals surface area contributed by atoms with Gasteiger partial charge in [-0.15, -0.1) is 0 Å². The second-order valence-electron chi connectivity index (χ2n) is 4.40. The highest BCUT2D eigenvalue weighted by Gasteiger charge is 2.11. The molecule has 0 aliphatic rings. The number of benzene rings is 2. The molecule has 21 heavy (non-hydrogen) atoms. The largest absolute Gasteiger partial charge is 0.479 e. The lowest BCUT2D eigenvalue weighted by Gasteiger charge is -2.09. The number of hydrogen-bond donors (Lipinski definition) is 1. The molecule has 0 spiro atoms.